The first-order valence-corrected chi connectivity index (χ1v) is 9.47. The normalized spacial score (nSPS) is 26.9. The molecular weight excluding hydrogens is 334 g/mol. The summed E-state index contributed by atoms with van der Waals surface area (Å²) in [6.45, 7) is 7.77. The topological polar surface area (TPSA) is 65.5 Å². The molecule has 0 radical (unpaired) electrons. The van der Waals surface area contributed by atoms with Crippen LogP contribution in [0.15, 0.2) is 24.3 Å². The van der Waals surface area contributed by atoms with Crippen molar-refractivity contribution in [1.29, 1.82) is 0 Å². The summed E-state index contributed by atoms with van der Waals surface area (Å²) in [6.07, 6.45) is 0.783. The molecule has 7 nitrogen and oxygen atoms in total. The zero-order valence-electron chi connectivity index (χ0n) is 15.0. The third-order valence-electron chi connectivity index (χ3n) is 5.52. The average Bonchev–Trinajstić information content (AvgIpc) is 3.15. The number of likely N-dealkylation sites (tertiary alicyclic amines) is 1. The van der Waals surface area contributed by atoms with Crippen LogP contribution < -0.4 is 0 Å². The molecule has 1 N–H and O–H groups in total. The number of amides is 1. The molecule has 7 heteroatoms. The SMILES string of the molecule is O=C1O[C@@H]2CN(Cc3ccc(O)cc3)C[C@@H]2N1CCCN1CCOCC1. The summed E-state index contributed by atoms with van der Waals surface area (Å²) in [6, 6.07) is 7.46. The monoisotopic (exact) mass is 361 g/mol. The second-order valence-corrected chi connectivity index (χ2v) is 7.35. The molecule has 3 fully saturated rings. The van der Waals surface area contributed by atoms with Gasteiger partial charge in [0.1, 0.15) is 11.9 Å². The molecule has 0 aliphatic carbocycles. The molecule has 3 aliphatic heterocycles. The van der Waals surface area contributed by atoms with Crippen molar-refractivity contribution in [2.45, 2.75) is 25.1 Å². The molecule has 0 spiro atoms. The molecule has 1 aromatic carbocycles. The minimum atomic E-state index is -0.161. The standard InChI is InChI=1S/C19H27N3O4/c23-16-4-2-15(3-5-16)12-21-13-17-18(14-21)26-19(24)22(17)7-1-6-20-8-10-25-11-9-20/h2-5,17-18,23H,1,6-14H2/t17-,18+/m0/s1. The van der Waals surface area contributed by atoms with E-state index in [0.29, 0.717) is 0 Å². The average molecular weight is 361 g/mol. The van der Waals surface area contributed by atoms with Gasteiger partial charge in [-0.25, -0.2) is 4.79 Å². The molecular formula is C19H27N3O4. The van der Waals surface area contributed by atoms with E-state index in [9.17, 15) is 9.90 Å². The van der Waals surface area contributed by atoms with Gasteiger partial charge in [0.25, 0.3) is 0 Å². The number of rotatable bonds is 6. The van der Waals surface area contributed by atoms with E-state index in [1.165, 1.54) is 0 Å². The van der Waals surface area contributed by atoms with Crippen LogP contribution in [0, 0.1) is 0 Å². The molecule has 3 heterocycles. The Hall–Kier alpha value is -1.83. The molecule has 0 aromatic heterocycles. The first kappa shape index (κ1) is 17.6. The number of hydrogen-bond acceptors (Lipinski definition) is 6. The van der Waals surface area contributed by atoms with E-state index < -0.39 is 0 Å². The molecule has 4 rings (SSSR count). The largest absolute Gasteiger partial charge is 0.508 e. The number of ether oxygens (including phenoxy) is 2. The predicted molar refractivity (Wildman–Crippen MR) is 96.0 cm³/mol. The van der Waals surface area contributed by atoms with Gasteiger partial charge in [-0.1, -0.05) is 12.1 Å². The van der Waals surface area contributed by atoms with Gasteiger partial charge in [0, 0.05) is 45.8 Å². The number of nitrogens with zero attached hydrogens (tertiary/aromatic N) is 3. The molecule has 26 heavy (non-hydrogen) atoms. The number of carbonyl (C=O) groups is 1. The second-order valence-electron chi connectivity index (χ2n) is 7.35. The molecule has 3 aliphatic rings. The number of phenols is 1. The van der Waals surface area contributed by atoms with Gasteiger partial charge in [-0.05, 0) is 24.1 Å². The first-order valence-electron chi connectivity index (χ1n) is 9.47. The van der Waals surface area contributed by atoms with Gasteiger partial charge in [0.05, 0.1) is 19.3 Å². The summed E-state index contributed by atoms with van der Waals surface area (Å²) >= 11 is 0. The Morgan fingerprint density at radius 1 is 1.04 bits per heavy atom. The fourth-order valence-electron chi connectivity index (χ4n) is 4.12. The smallest absolute Gasteiger partial charge is 0.410 e. The zero-order valence-corrected chi connectivity index (χ0v) is 15.0. The lowest BCUT2D eigenvalue weighted by atomic mass is 10.2. The van der Waals surface area contributed by atoms with Crippen molar-refractivity contribution >= 4 is 6.09 Å². The van der Waals surface area contributed by atoms with Gasteiger partial charge in [-0.3, -0.25) is 9.80 Å². The summed E-state index contributed by atoms with van der Waals surface area (Å²) in [5.74, 6) is 0.285. The maximum absolute atomic E-state index is 12.2. The maximum atomic E-state index is 12.2. The fourth-order valence-corrected chi connectivity index (χ4v) is 4.12. The van der Waals surface area contributed by atoms with Crippen LogP contribution in [0.2, 0.25) is 0 Å². The van der Waals surface area contributed by atoms with Crippen LogP contribution in [0.25, 0.3) is 0 Å². The Morgan fingerprint density at radius 3 is 2.58 bits per heavy atom. The van der Waals surface area contributed by atoms with Gasteiger partial charge in [-0.2, -0.15) is 0 Å². The lowest BCUT2D eigenvalue weighted by Crippen LogP contribution is -2.41. The van der Waals surface area contributed by atoms with Crippen LogP contribution in [-0.2, 0) is 16.0 Å². The minimum absolute atomic E-state index is 0.0250. The van der Waals surface area contributed by atoms with Crippen LogP contribution in [0.5, 0.6) is 5.75 Å². The van der Waals surface area contributed by atoms with Crippen molar-refractivity contribution in [1.82, 2.24) is 14.7 Å². The molecule has 0 saturated carbocycles. The summed E-state index contributed by atoms with van der Waals surface area (Å²) in [5.41, 5.74) is 1.16. The van der Waals surface area contributed by atoms with Gasteiger partial charge >= 0.3 is 6.09 Å². The lowest BCUT2D eigenvalue weighted by molar-refractivity contribution is 0.0362. The lowest BCUT2D eigenvalue weighted by Gasteiger charge is -2.28. The number of carbonyl (C=O) groups excluding carboxylic acids is 1. The van der Waals surface area contributed by atoms with E-state index in [1.807, 2.05) is 17.0 Å². The van der Waals surface area contributed by atoms with Crippen molar-refractivity contribution < 1.29 is 19.4 Å². The van der Waals surface area contributed by atoms with Crippen molar-refractivity contribution in [2.24, 2.45) is 0 Å². The molecule has 0 unspecified atom stereocenters. The van der Waals surface area contributed by atoms with Crippen LogP contribution in [0.4, 0.5) is 4.79 Å². The van der Waals surface area contributed by atoms with Crippen molar-refractivity contribution in [3.8, 4) is 5.75 Å². The number of phenolic OH excluding ortho intramolecular Hbond substituents is 1. The summed E-state index contributed by atoms with van der Waals surface area (Å²) in [5, 5.41) is 9.40. The Balaban J connectivity index is 1.27. The van der Waals surface area contributed by atoms with Crippen LogP contribution in [0.3, 0.4) is 0 Å². The number of morpholine rings is 1. The quantitative estimate of drug-likeness (QED) is 0.819. The molecule has 1 amide bonds. The molecule has 3 saturated heterocycles. The number of hydrogen-bond donors (Lipinski definition) is 1. The van der Waals surface area contributed by atoms with E-state index in [0.717, 1.165) is 71.0 Å². The fraction of sp³-hybridized carbons (Fsp3) is 0.632. The first-order chi connectivity index (χ1) is 12.7. The van der Waals surface area contributed by atoms with E-state index in [-0.39, 0.29) is 24.0 Å². The van der Waals surface area contributed by atoms with Gasteiger partial charge in [0.2, 0.25) is 0 Å². The predicted octanol–water partition coefficient (Wildman–Crippen LogP) is 1.12. The number of fused-ring (bicyclic) bond motifs is 1. The maximum Gasteiger partial charge on any atom is 0.410 e. The minimum Gasteiger partial charge on any atom is -0.508 e. The van der Waals surface area contributed by atoms with E-state index in [1.54, 1.807) is 12.1 Å². The number of aromatic hydroxyl groups is 1. The zero-order chi connectivity index (χ0) is 17.9. The second kappa shape index (κ2) is 7.82. The number of benzene rings is 1. The Labute approximate surface area is 154 Å². The van der Waals surface area contributed by atoms with Crippen molar-refractivity contribution in [2.75, 3.05) is 52.5 Å². The Morgan fingerprint density at radius 2 is 1.81 bits per heavy atom. The van der Waals surface area contributed by atoms with Crippen molar-refractivity contribution in [3.05, 3.63) is 29.8 Å². The highest BCUT2D eigenvalue weighted by atomic mass is 16.6. The summed E-state index contributed by atoms with van der Waals surface area (Å²) < 4.78 is 11.0. The molecule has 142 valence electrons. The highest BCUT2D eigenvalue weighted by Gasteiger charge is 2.47. The third kappa shape index (κ3) is 3.95. The highest BCUT2D eigenvalue weighted by Crippen LogP contribution is 2.28. The third-order valence-corrected chi connectivity index (χ3v) is 5.52. The molecule has 0 bridgehead atoms. The summed E-state index contributed by atoms with van der Waals surface area (Å²) in [4.78, 5) is 18.8. The van der Waals surface area contributed by atoms with Gasteiger partial charge < -0.3 is 19.5 Å². The Kier molecular flexibility index (Phi) is 5.28. The highest BCUT2D eigenvalue weighted by molar-refractivity contribution is 5.71. The van der Waals surface area contributed by atoms with Crippen LogP contribution >= 0.6 is 0 Å². The van der Waals surface area contributed by atoms with Crippen LogP contribution in [0.1, 0.15) is 12.0 Å². The van der Waals surface area contributed by atoms with E-state index in [2.05, 4.69) is 9.80 Å². The van der Waals surface area contributed by atoms with E-state index >= 15 is 0 Å². The Bertz CT molecular complexity index is 618. The van der Waals surface area contributed by atoms with Crippen molar-refractivity contribution in [3.63, 3.8) is 0 Å². The van der Waals surface area contributed by atoms with E-state index in [4.69, 9.17) is 9.47 Å². The van der Waals surface area contributed by atoms with Crippen LogP contribution in [-0.4, -0.2) is 90.5 Å². The van der Waals surface area contributed by atoms with Gasteiger partial charge in [-0.15, -0.1) is 0 Å². The van der Waals surface area contributed by atoms with Gasteiger partial charge in [0.15, 0.2) is 0 Å². The molecule has 1 aromatic rings. The summed E-state index contributed by atoms with van der Waals surface area (Å²) in [7, 11) is 0. The molecule has 2 atom stereocenters.